The Labute approximate surface area is 120 Å². The maximum atomic E-state index is 5.66. The third-order valence-corrected chi connectivity index (χ3v) is 2.85. The van der Waals surface area contributed by atoms with Gasteiger partial charge < -0.3 is 14.8 Å². The molecule has 0 amide bonds. The molecule has 0 saturated heterocycles. The Morgan fingerprint density at radius 1 is 0.850 bits per heavy atom. The van der Waals surface area contributed by atoms with Gasteiger partial charge in [0, 0.05) is 13.1 Å². The summed E-state index contributed by atoms with van der Waals surface area (Å²) in [5, 5.41) is 3.35. The molecule has 0 bridgehead atoms. The predicted octanol–water partition coefficient (Wildman–Crippen LogP) is 3.25. The minimum Gasteiger partial charge on any atom is -0.494 e. The summed E-state index contributed by atoms with van der Waals surface area (Å²) in [7, 11) is 0. The first-order valence-corrected chi connectivity index (χ1v) is 6.99. The smallest absolute Gasteiger partial charge is 0.119 e. The molecule has 0 fully saturated rings. The highest BCUT2D eigenvalue weighted by Crippen LogP contribution is 2.17. The molecule has 0 radical (unpaired) electrons. The molecule has 0 aliphatic rings. The Hall–Kier alpha value is -2.00. The van der Waals surface area contributed by atoms with E-state index in [9.17, 15) is 0 Å². The second-order valence-corrected chi connectivity index (χ2v) is 4.42. The lowest BCUT2D eigenvalue weighted by Crippen LogP contribution is -2.20. The van der Waals surface area contributed by atoms with Crippen LogP contribution in [0.1, 0.15) is 12.5 Å². The van der Waals surface area contributed by atoms with Crippen molar-refractivity contribution in [2.45, 2.75) is 13.5 Å². The molecule has 0 aliphatic carbocycles. The zero-order valence-corrected chi connectivity index (χ0v) is 11.8. The van der Waals surface area contributed by atoms with Crippen molar-refractivity contribution in [2.75, 3.05) is 19.8 Å². The van der Waals surface area contributed by atoms with Gasteiger partial charge >= 0.3 is 0 Å². The van der Waals surface area contributed by atoms with Gasteiger partial charge in [-0.15, -0.1) is 0 Å². The van der Waals surface area contributed by atoms with Gasteiger partial charge in [-0.2, -0.15) is 0 Å². The second kappa shape index (κ2) is 8.23. The zero-order chi connectivity index (χ0) is 14.0. The van der Waals surface area contributed by atoms with Gasteiger partial charge in [0.2, 0.25) is 0 Å². The lowest BCUT2D eigenvalue weighted by atomic mass is 10.2. The van der Waals surface area contributed by atoms with E-state index in [1.54, 1.807) is 0 Å². The summed E-state index contributed by atoms with van der Waals surface area (Å²) < 4.78 is 11.0. The van der Waals surface area contributed by atoms with Gasteiger partial charge in [0.05, 0.1) is 6.61 Å². The first kappa shape index (κ1) is 14.4. The molecule has 1 N–H and O–H groups in total. The van der Waals surface area contributed by atoms with Gasteiger partial charge in [-0.05, 0) is 36.8 Å². The first-order valence-electron chi connectivity index (χ1n) is 6.99. The van der Waals surface area contributed by atoms with E-state index in [2.05, 4.69) is 17.4 Å². The normalized spacial score (nSPS) is 10.2. The van der Waals surface area contributed by atoms with Crippen LogP contribution in [0.3, 0.4) is 0 Å². The summed E-state index contributed by atoms with van der Waals surface area (Å²) >= 11 is 0. The van der Waals surface area contributed by atoms with Crippen molar-refractivity contribution >= 4 is 0 Å². The average Bonchev–Trinajstić information content (AvgIpc) is 2.50. The molecule has 0 saturated carbocycles. The molecule has 2 aromatic carbocycles. The molecule has 0 aromatic heterocycles. The van der Waals surface area contributed by atoms with E-state index < -0.39 is 0 Å². The van der Waals surface area contributed by atoms with Crippen LogP contribution in [0.4, 0.5) is 0 Å². The Morgan fingerprint density at radius 2 is 1.50 bits per heavy atom. The molecule has 0 aliphatic heterocycles. The highest BCUT2D eigenvalue weighted by Gasteiger charge is 1.96. The van der Waals surface area contributed by atoms with Crippen LogP contribution < -0.4 is 14.8 Å². The van der Waals surface area contributed by atoms with Crippen molar-refractivity contribution in [2.24, 2.45) is 0 Å². The number of hydrogen-bond donors (Lipinski definition) is 1. The van der Waals surface area contributed by atoms with Gasteiger partial charge in [-0.3, -0.25) is 0 Å². The largest absolute Gasteiger partial charge is 0.494 e. The topological polar surface area (TPSA) is 30.5 Å². The predicted molar refractivity (Wildman–Crippen MR) is 81.3 cm³/mol. The molecule has 3 nitrogen and oxygen atoms in total. The van der Waals surface area contributed by atoms with Crippen molar-refractivity contribution < 1.29 is 9.47 Å². The van der Waals surface area contributed by atoms with Gasteiger partial charge in [0.1, 0.15) is 18.1 Å². The minimum absolute atomic E-state index is 0.654. The zero-order valence-electron chi connectivity index (χ0n) is 11.8. The Balaban J connectivity index is 1.63. The lowest BCUT2D eigenvalue weighted by molar-refractivity contribution is 0.311. The quantitative estimate of drug-likeness (QED) is 0.748. The fourth-order valence-electron chi connectivity index (χ4n) is 1.87. The molecular weight excluding hydrogens is 250 g/mol. The summed E-state index contributed by atoms with van der Waals surface area (Å²) in [5.41, 5.74) is 1.29. The fraction of sp³-hybridized carbons (Fsp3) is 0.294. The fourth-order valence-corrected chi connectivity index (χ4v) is 1.87. The summed E-state index contributed by atoms with van der Waals surface area (Å²) in [6.07, 6.45) is 0. The standard InChI is InChI=1S/C17H21NO2/c1-2-19-16-8-10-17(11-9-16)20-13-12-18-14-15-6-4-3-5-7-15/h3-11,18H,2,12-14H2,1H3. The Morgan fingerprint density at radius 3 is 2.15 bits per heavy atom. The highest BCUT2D eigenvalue weighted by atomic mass is 16.5. The molecule has 0 unspecified atom stereocenters. The van der Waals surface area contributed by atoms with E-state index in [0.717, 1.165) is 24.6 Å². The maximum Gasteiger partial charge on any atom is 0.119 e. The lowest BCUT2D eigenvalue weighted by Gasteiger charge is -2.08. The number of rotatable bonds is 8. The molecular formula is C17H21NO2. The van der Waals surface area contributed by atoms with E-state index in [1.165, 1.54) is 5.56 Å². The number of ether oxygens (including phenoxy) is 2. The monoisotopic (exact) mass is 271 g/mol. The minimum atomic E-state index is 0.654. The van der Waals surface area contributed by atoms with Gasteiger partial charge in [0.25, 0.3) is 0 Å². The third kappa shape index (κ3) is 4.94. The van der Waals surface area contributed by atoms with Crippen LogP contribution in [0, 0.1) is 0 Å². The van der Waals surface area contributed by atoms with Gasteiger partial charge in [-0.25, -0.2) is 0 Å². The summed E-state index contributed by atoms with van der Waals surface area (Å²) in [4.78, 5) is 0. The first-order chi connectivity index (χ1) is 9.88. The molecule has 106 valence electrons. The average molecular weight is 271 g/mol. The summed E-state index contributed by atoms with van der Waals surface area (Å²) in [6, 6.07) is 18.1. The van der Waals surface area contributed by atoms with Gasteiger partial charge in [-0.1, -0.05) is 30.3 Å². The van der Waals surface area contributed by atoms with Crippen LogP contribution in [0.25, 0.3) is 0 Å². The SMILES string of the molecule is CCOc1ccc(OCCNCc2ccccc2)cc1. The second-order valence-electron chi connectivity index (χ2n) is 4.42. The van der Waals surface area contributed by atoms with E-state index in [0.29, 0.717) is 13.2 Å². The summed E-state index contributed by atoms with van der Waals surface area (Å²) in [5.74, 6) is 1.75. The summed E-state index contributed by atoms with van der Waals surface area (Å²) in [6.45, 7) is 5.00. The highest BCUT2D eigenvalue weighted by molar-refractivity contribution is 5.31. The van der Waals surface area contributed by atoms with E-state index >= 15 is 0 Å². The molecule has 0 atom stereocenters. The van der Waals surface area contributed by atoms with Gasteiger partial charge in [0.15, 0.2) is 0 Å². The van der Waals surface area contributed by atoms with Crippen LogP contribution in [-0.4, -0.2) is 19.8 Å². The molecule has 2 aromatic rings. The van der Waals surface area contributed by atoms with Crippen molar-refractivity contribution in [3.05, 3.63) is 60.2 Å². The van der Waals surface area contributed by atoms with Crippen molar-refractivity contribution in [1.82, 2.24) is 5.32 Å². The van der Waals surface area contributed by atoms with Crippen molar-refractivity contribution in [1.29, 1.82) is 0 Å². The van der Waals surface area contributed by atoms with Crippen molar-refractivity contribution in [3.63, 3.8) is 0 Å². The van der Waals surface area contributed by atoms with Crippen LogP contribution >= 0.6 is 0 Å². The Kier molecular flexibility index (Phi) is 5.93. The van der Waals surface area contributed by atoms with Crippen LogP contribution in [0.2, 0.25) is 0 Å². The van der Waals surface area contributed by atoms with E-state index in [4.69, 9.17) is 9.47 Å². The molecule has 0 spiro atoms. The molecule has 20 heavy (non-hydrogen) atoms. The van der Waals surface area contributed by atoms with E-state index in [1.807, 2.05) is 49.4 Å². The van der Waals surface area contributed by atoms with E-state index in [-0.39, 0.29) is 0 Å². The number of benzene rings is 2. The third-order valence-electron chi connectivity index (χ3n) is 2.85. The van der Waals surface area contributed by atoms with Crippen LogP contribution in [-0.2, 0) is 6.54 Å². The Bertz CT molecular complexity index is 482. The molecule has 3 heteroatoms. The van der Waals surface area contributed by atoms with Crippen LogP contribution in [0.15, 0.2) is 54.6 Å². The van der Waals surface area contributed by atoms with Crippen LogP contribution in [0.5, 0.6) is 11.5 Å². The number of nitrogens with one attached hydrogen (secondary N) is 1. The molecule has 0 heterocycles. The molecule has 2 rings (SSSR count). The maximum absolute atomic E-state index is 5.66. The van der Waals surface area contributed by atoms with Crippen molar-refractivity contribution in [3.8, 4) is 11.5 Å². The number of hydrogen-bond acceptors (Lipinski definition) is 3.